The Kier molecular flexibility index (Phi) is 8.41. The number of para-hydroxylation sites is 1. The third-order valence-electron chi connectivity index (χ3n) is 5.45. The Morgan fingerprint density at radius 2 is 2.00 bits per heavy atom. The molecule has 3 N–H and O–H groups in total. The van der Waals surface area contributed by atoms with Crippen LogP contribution < -0.4 is 25.0 Å². The fourth-order valence-electron chi connectivity index (χ4n) is 3.86. The predicted octanol–water partition coefficient (Wildman–Crippen LogP) is 2.96. The van der Waals surface area contributed by atoms with Gasteiger partial charge in [0.05, 0.1) is 20.8 Å². The minimum absolute atomic E-state index is 0.216. The molecule has 0 aromatic heterocycles. The number of rotatable bonds is 8. The van der Waals surface area contributed by atoms with Crippen LogP contribution in [0.2, 0.25) is 0 Å². The van der Waals surface area contributed by atoms with Gasteiger partial charge in [-0.25, -0.2) is 0 Å². The van der Waals surface area contributed by atoms with Crippen molar-refractivity contribution in [2.75, 3.05) is 45.3 Å². The molecule has 0 spiro atoms. The van der Waals surface area contributed by atoms with Crippen molar-refractivity contribution in [3.63, 3.8) is 0 Å². The molecule has 2 aromatic rings. The number of methoxy groups -OCH3 is 2. The van der Waals surface area contributed by atoms with Gasteiger partial charge in [0.15, 0.2) is 5.96 Å². The number of guanidine groups is 1. The Morgan fingerprint density at radius 3 is 2.71 bits per heavy atom. The zero-order chi connectivity index (χ0) is 22.1. The second-order valence-electron chi connectivity index (χ2n) is 7.61. The lowest BCUT2D eigenvalue weighted by atomic mass is 10.0. The highest BCUT2D eigenvalue weighted by molar-refractivity contribution is 5.80. The minimum atomic E-state index is -0.798. The van der Waals surface area contributed by atoms with Crippen LogP contribution in [-0.4, -0.2) is 57.5 Å². The smallest absolute Gasteiger partial charge is 0.191 e. The van der Waals surface area contributed by atoms with E-state index in [9.17, 15) is 5.11 Å². The summed E-state index contributed by atoms with van der Waals surface area (Å²) in [4.78, 5) is 7.05. The molecule has 31 heavy (non-hydrogen) atoms. The van der Waals surface area contributed by atoms with Crippen molar-refractivity contribution in [2.45, 2.75) is 31.9 Å². The van der Waals surface area contributed by atoms with Gasteiger partial charge in [0.2, 0.25) is 0 Å². The maximum atomic E-state index is 10.8. The largest absolute Gasteiger partial charge is 0.497 e. The average molecular weight is 427 g/mol. The Morgan fingerprint density at radius 1 is 1.19 bits per heavy atom. The first-order chi connectivity index (χ1) is 15.1. The summed E-state index contributed by atoms with van der Waals surface area (Å²) < 4.78 is 10.7. The van der Waals surface area contributed by atoms with Gasteiger partial charge in [-0.2, -0.15) is 0 Å². The van der Waals surface area contributed by atoms with E-state index in [1.54, 1.807) is 26.4 Å². The Labute approximate surface area is 185 Å². The van der Waals surface area contributed by atoms with Crippen LogP contribution in [0.1, 0.15) is 31.4 Å². The van der Waals surface area contributed by atoms with Crippen molar-refractivity contribution in [3.8, 4) is 11.5 Å². The summed E-state index contributed by atoms with van der Waals surface area (Å²) in [6.07, 6.45) is 1.41. The SMILES string of the molecule is CCNC(=NCC(O)c1cc(OC)ccc1OC)NC1CCCN(c2ccccc2)C1. The highest BCUT2D eigenvalue weighted by Crippen LogP contribution is 2.29. The van der Waals surface area contributed by atoms with E-state index in [0.29, 0.717) is 23.0 Å². The van der Waals surface area contributed by atoms with Gasteiger partial charge < -0.3 is 30.1 Å². The number of hydrogen-bond acceptors (Lipinski definition) is 5. The van der Waals surface area contributed by atoms with Crippen LogP contribution in [0.3, 0.4) is 0 Å². The van der Waals surface area contributed by atoms with E-state index in [4.69, 9.17) is 9.47 Å². The zero-order valence-corrected chi connectivity index (χ0v) is 18.7. The van der Waals surface area contributed by atoms with Crippen LogP contribution in [0.5, 0.6) is 11.5 Å². The van der Waals surface area contributed by atoms with Gasteiger partial charge in [-0.3, -0.25) is 4.99 Å². The normalized spacial score (nSPS) is 17.7. The number of nitrogens with one attached hydrogen (secondary N) is 2. The molecular weight excluding hydrogens is 392 g/mol. The van der Waals surface area contributed by atoms with Gasteiger partial charge in [-0.05, 0) is 50.1 Å². The number of aliphatic hydroxyl groups is 1. The van der Waals surface area contributed by atoms with Crippen LogP contribution in [0.4, 0.5) is 5.69 Å². The van der Waals surface area contributed by atoms with Crippen LogP contribution in [0, 0.1) is 0 Å². The molecule has 0 radical (unpaired) electrons. The van der Waals surface area contributed by atoms with Crippen molar-refractivity contribution >= 4 is 11.6 Å². The van der Waals surface area contributed by atoms with Crippen molar-refractivity contribution in [1.29, 1.82) is 0 Å². The molecule has 0 aliphatic carbocycles. The minimum Gasteiger partial charge on any atom is -0.497 e. The maximum Gasteiger partial charge on any atom is 0.191 e. The van der Waals surface area contributed by atoms with Crippen LogP contribution in [-0.2, 0) is 0 Å². The van der Waals surface area contributed by atoms with Crippen molar-refractivity contribution in [2.24, 2.45) is 4.99 Å². The number of anilines is 1. The van der Waals surface area contributed by atoms with Gasteiger partial charge in [0.25, 0.3) is 0 Å². The number of aliphatic hydroxyl groups excluding tert-OH is 1. The lowest BCUT2D eigenvalue weighted by molar-refractivity contribution is 0.182. The average Bonchev–Trinajstić information content (AvgIpc) is 2.82. The van der Waals surface area contributed by atoms with Crippen molar-refractivity contribution < 1.29 is 14.6 Å². The number of ether oxygens (including phenoxy) is 2. The van der Waals surface area contributed by atoms with Gasteiger partial charge in [-0.1, -0.05) is 18.2 Å². The highest BCUT2D eigenvalue weighted by atomic mass is 16.5. The Bertz CT molecular complexity index is 844. The van der Waals surface area contributed by atoms with Crippen LogP contribution >= 0.6 is 0 Å². The second kappa shape index (κ2) is 11.5. The summed E-state index contributed by atoms with van der Waals surface area (Å²) in [6.45, 7) is 4.98. The van der Waals surface area contributed by atoms with E-state index in [0.717, 1.165) is 32.5 Å². The highest BCUT2D eigenvalue weighted by Gasteiger charge is 2.21. The first-order valence-corrected chi connectivity index (χ1v) is 10.9. The first kappa shape index (κ1) is 22.7. The molecule has 1 heterocycles. The maximum absolute atomic E-state index is 10.8. The monoisotopic (exact) mass is 426 g/mol. The molecule has 2 atom stereocenters. The van der Waals surface area contributed by atoms with Gasteiger partial charge in [0, 0.05) is 36.9 Å². The van der Waals surface area contributed by atoms with E-state index in [1.165, 1.54) is 5.69 Å². The van der Waals surface area contributed by atoms with E-state index in [-0.39, 0.29) is 12.6 Å². The third-order valence-corrected chi connectivity index (χ3v) is 5.45. The number of nitrogens with zero attached hydrogens (tertiary/aromatic N) is 2. The molecule has 1 fully saturated rings. The summed E-state index contributed by atoms with van der Waals surface area (Å²) in [6, 6.07) is 16.2. The topological polar surface area (TPSA) is 78.4 Å². The molecule has 2 aromatic carbocycles. The fourth-order valence-corrected chi connectivity index (χ4v) is 3.86. The van der Waals surface area contributed by atoms with E-state index in [2.05, 4.69) is 44.8 Å². The molecule has 1 saturated heterocycles. The van der Waals surface area contributed by atoms with Gasteiger partial charge >= 0.3 is 0 Å². The first-order valence-electron chi connectivity index (χ1n) is 10.9. The van der Waals surface area contributed by atoms with Crippen LogP contribution in [0.25, 0.3) is 0 Å². The fraction of sp³-hybridized carbons (Fsp3) is 0.458. The molecule has 1 aliphatic heterocycles. The van der Waals surface area contributed by atoms with E-state index < -0.39 is 6.10 Å². The van der Waals surface area contributed by atoms with Gasteiger partial charge in [0.1, 0.15) is 17.6 Å². The Balaban J connectivity index is 1.66. The molecule has 168 valence electrons. The van der Waals surface area contributed by atoms with E-state index in [1.807, 2.05) is 19.1 Å². The molecular formula is C24H34N4O3. The predicted molar refractivity (Wildman–Crippen MR) is 125 cm³/mol. The molecule has 0 bridgehead atoms. The number of benzene rings is 2. The number of aliphatic imine (C=N–C) groups is 1. The zero-order valence-electron chi connectivity index (χ0n) is 18.7. The quantitative estimate of drug-likeness (QED) is 0.445. The number of piperidine rings is 1. The lowest BCUT2D eigenvalue weighted by Gasteiger charge is -2.35. The summed E-state index contributed by atoms with van der Waals surface area (Å²) >= 11 is 0. The molecule has 3 rings (SSSR count). The summed E-state index contributed by atoms with van der Waals surface area (Å²) in [5.74, 6) is 2.00. The van der Waals surface area contributed by atoms with Crippen LogP contribution in [0.15, 0.2) is 53.5 Å². The van der Waals surface area contributed by atoms with E-state index >= 15 is 0 Å². The summed E-state index contributed by atoms with van der Waals surface area (Å²) in [5, 5.41) is 17.6. The van der Waals surface area contributed by atoms with Crippen molar-refractivity contribution in [3.05, 3.63) is 54.1 Å². The number of hydrogen-bond donors (Lipinski definition) is 3. The molecule has 1 aliphatic rings. The van der Waals surface area contributed by atoms with Crippen molar-refractivity contribution in [1.82, 2.24) is 10.6 Å². The lowest BCUT2D eigenvalue weighted by Crippen LogP contribution is -2.51. The molecule has 7 nitrogen and oxygen atoms in total. The molecule has 0 amide bonds. The second-order valence-corrected chi connectivity index (χ2v) is 7.61. The molecule has 2 unspecified atom stereocenters. The summed E-state index contributed by atoms with van der Waals surface area (Å²) in [5.41, 5.74) is 1.91. The molecule has 7 heteroatoms. The Hall–Kier alpha value is -2.93. The standard InChI is InChI=1S/C24H34N4O3/c1-4-25-24(26-16-22(29)21-15-20(30-2)12-13-23(21)31-3)27-18-9-8-14-28(17-18)19-10-6-5-7-11-19/h5-7,10-13,15,18,22,29H,4,8-9,14,16-17H2,1-3H3,(H2,25,26,27). The van der Waals surface area contributed by atoms with Gasteiger partial charge in [-0.15, -0.1) is 0 Å². The summed E-state index contributed by atoms with van der Waals surface area (Å²) in [7, 11) is 3.20. The molecule has 0 saturated carbocycles. The third kappa shape index (κ3) is 6.28.